The third-order valence-electron chi connectivity index (χ3n) is 5.43. The summed E-state index contributed by atoms with van der Waals surface area (Å²) in [4.78, 5) is 0. The van der Waals surface area contributed by atoms with Crippen LogP contribution in [0.2, 0.25) is 0 Å². The summed E-state index contributed by atoms with van der Waals surface area (Å²) in [6, 6.07) is 0. The highest BCUT2D eigenvalue weighted by molar-refractivity contribution is 5.58. The van der Waals surface area contributed by atoms with E-state index in [0.717, 1.165) is 5.92 Å². The van der Waals surface area contributed by atoms with Crippen LogP contribution in [0.15, 0.2) is 59.3 Å². The fraction of sp³-hybridized carbons (Fsp3) is 0.474. The maximum Gasteiger partial charge on any atom is -0.000324 e. The predicted octanol–water partition coefficient (Wildman–Crippen LogP) is 5.27. The molecule has 0 aliphatic heterocycles. The van der Waals surface area contributed by atoms with Crippen molar-refractivity contribution in [3.8, 4) is 0 Å². The van der Waals surface area contributed by atoms with E-state index >= 15 is 0 Å². The zero-order valence-electron chi connectivity index (χ0n) is 11.6. The van der Waals surface area contributed by atoms with Crippen LogP contribution in [-0.2, 0) is 0 Å². The molecule has 0 heterocycles. The smallest absolute Gasteiger partial charge is 0.000324 e. The number of hydrogen-bond donors (Lipinski definition) is 0. The third kappa shape index (κ3) is 1.81. The number of hydrogen-bond acceptors (Lipinski definition) is 0. The van der Waals surface area contributed by atoms with Crippen LogP contribution in [0.5, 0.6) is 0 Å². The highest BCUT2D eigenvalue weighted by atomic mass is 14.6. The summed E-state index contributed by atoms with van der Waals surface area (Å²) in [7, 11) is 0. The zero-order chi connectivity index (χ0) is 12.7. The molecule has 2 saturated carbocycles. The van der Waals surface area contributed by atoms with Gasteiger partial charge in [0.15, 0.2) is 0 Å². The average Bonchev–Trinajstić information content (AvgIpc) is 3.09. The van der Waals surface area contributed by atoms with Gasteiger partial charge in [0.25, 0.3) is 0 Å². The van der Waals surface area contributed by atoms with E-state index < -0.39 is 0 Å². The van der Waals surface area contributed by atoms with Crippen molar-refractivity contribution in [2.24, 2.45) is 11.3 Å². The van der Waals surface area contributed by atoms with Gasteiger partial charge in [-0.1, -0.05) is 42.5 Å². The molecule has 19 heavy (non-hydrogen) atoms. The first kappa shape index (κ1) is 11.5. The van der Waals surface area contributed by atoms with Crippen LogP contribution in [-0.4, -0.2) is 0 Å². The first-order chi connectivity index (χ1) is 9.40. The van der Waals surface area contributed by atoms with Crippen molar-refractivity contribution in [3.05, 3.63) is 59.3 Å². The van der Waals surface area contributed by atoms with E-state index in [1.54, 1.807) is 16.7 Å². The topological polar surface area (TPSA) is 0 Å². The van der Waals surface area contributed by atoms with Gasteiger partial charge in [0, 0.05) is 0 Å². The average molecular weight is 250 g/mol. The molecule has 1 spiro atoms. The molecule has 0 aromatic heterocycles. The number of allylic oxidation sites excluding steroid dienone is 10. The molecule has 0 amide bonds. The van der Waals surface area contributed by atoms with Crippen molar-refractivity contribution in [1.29, 1.82) is 0 Å². The molecule has 0 aromatic carbocycles. The third-order valence-corrected chi connectivity index (χ3v) is 5.43. The lowest BCUT2D eigenvalue weighted by atomic mass is 9.73. The highest BCUT2D eigenvalue weighted by Gasteiger charge is 2.57. The summed E-state index contributed by atoms with van der Waals surface area (Å²) in [5.41, 5.74) is 5.37. The maximum atomic E-state index is 2.51. The van der Waals surface area contributed by atoms with Crippen LogP contribution >= 0.6 is 0 Å². The summed E-state index contributed by atoms with van der Waals surface area (Å²) >= 11 is 0. The molecule has 2 unspecified atom stereocenters. The molecule has 0 heteroatoms. The largest absolute Gasteiger partial charge is 0.0845 e. The van der Waals surface area contributed by atoms with Crippen LogP contribution < -0.4 is 0 Å². The van der Waals surface area contributed by atoms with Crippen molar-refractivity contribution in [2.75, 3.05) is 0 Å². The fourth-order valence-corrected chi connectivity index (χ4v) is 4.24. The Kier molecular flexibility index (Phi) is 2.65. The van der Waals surface area contributed by atoms with Gasteiger partial charge in [-0.25, -0.2) is 0 Å². The summed E-state index contributed by atoms with van der Waals surface area (Å²) < 4.78 is 0. The molecule has 0 nitrogen and oxygen atoms in total. The number of rotatable bonds is 0. The van der Waals surface area contributed by atoms with Crippen LogP contribution in [0.4, 0.5) is 0 Å². The van der Waals surface area contributed by atoms with E-state index in [0.29, 0.717) is 5.41 Å². The quantitative estimate of drug-likeness (QED) is 0.549. The Hall–Kier alpha value is -1.30. The molecule has 0 bridgehead atoms. The van der Waals surface area contributed by atoms with Gasteiger partial charge in [0.05, 0.1) is 0 Å². The Bertz CT molecular complexity index is 538. The minimum Gasteiger partial charge on any atom is -0.0845 e. The van der Waals surface area contributed by atoms with E-state index in [4.69, 9.17) is 0 Å². The molecule has 98 valence electrons. The molecular weight excluding hydrogens is 228 g/mol. The highest BCUT2D eigenvalue weighted by Crippen LogP contribution is 2.67. The van der Waals surface area contributed by atoms with Crippen molar-refractivity contribution in [3.63, 3.8) is 0 Å². The lowest BCUT2D eigenvalue weighted by Gasteiger charge is -2.31. The Morgan fingerprint density at radius 2 is 2.00 bits per heavy atom. The van der Waals surface area contributed by atoms with Gasteiger partial charge in [-0.3, -0.25) is 0 Å². The summed E-state index contributed by atoms with van der Waals surface area (Å²) in [5.74, 6) is 0.927. The first-order valence-electron chi connectivity index (χ1n) is 7.84. The molecule has 4 aliphatic rings. The van der Waals surface area contributed by atoms with E-state index in [2.05, 4.69) is 42.5 Å². The molecular formula is C19H22. The minimum atomic E-state index is 0.550. The van der Waals surface area contributed by atoms with Crippen LogP contribution in [0.25, 0.3) is 0 Å². The van der Waals surface area contributed by atoms with Gasteiger partial charge >= 0.3 is 0 Å². The molecule has 2 fully saturated rings. The molecule has 4 aliphatic carbocycles. The molecule has 2 atom stereocenters. The van der Waals surface area contributed by atoms with E-state index in [1.165, 1.54) is 44.9 Å². The monoisotopic (exact) mass is 250 g/mol. The molecule has 0 radical (unpaired) electrons. The molecule has 0 aromatic rings. The summed E-state index contributed by atoms with van der Waals surface area (Å²) in [5, 5.41) is 0. The van der Waals surface area contributed by atoms with Crippen molar-refractivity contribution in [2.45, 2.75) is 44.9 Å². The van der Waals surface area contributed by atoms with Gasteiger partial charge in [-0.2, -0.15) is 0 Å². The second-order valence-corrected chi connectivity index (χ2v) is 6.47. The van der Waals surface area contributed by atoms with Gasteiger partial charge in [-0.05, 0) is 73.0 Å². The summed E-state index contributed by atoms with van der Waals surface area (Å²) in [6.45, 7) is 0. The minimum absolute atomic E-state index is 0.550. The van der Waals surface area contributed by atoms with E-state index in [9.17, 15) is 0 Å². The van der Waals surface area contributed by atoms with Gasteiger partial charge in [-0.15, -0.1) is 0 Å². The lowest BCUT2D eigenvalue weighted by Crippen LogP contribution is -2.17. The van der Waals surface area contributed by atoms with Crippen molar-refractivity contribution >= 4 is 0 Å². The van der Waals surface area contributed by atoms with Crippen molar-refractivity contribution < 1.29 is 0 Å². The normalized spacial score (nSPS) is 43.4. The Balaban J connectivity index is 1.80. The predicted molar refractivity (Wildman–Crippen MR) is 80.8 cm³/mol. The Labute approximate surface area is 116 Å². The SMILES string of the molecule is C1=CCC2CC23CCC2=C/CCC\C=C/C=C\2C3=C1. The first-order valence-corrected chi connectivity index (χ1v) is 7.84. The molecule has 0 N–H and O–H groups in total. The van der Waals surface area contributed by atoms with Gasteiger partial charge in [0.2, 0.25) is 0 Å². The van der Waals surface area contributed by atoms with Crippen LogP contribution in [0.1, 0.15) is 44.9 Å². The summed E-state index contributed by atoms with van der Waals surface area (Å²) in [6.07, 6.45) is 25.8. The molecule has 0 saturated heterocycles. The number of fused-ring (bicyclic) bond motifs is 2. The van der Waals surface area contributed by atoms with E-state index in [-0.39, 0.29) is 0 Å². The Morgan fingerprint density at radius 1 is 1.05 bits per heavy atom. The second-order valence-electron chi connectivity index (χ2n) is 6.47. The fourth-order valence-electron chi connectivity index (χ4n) is 4.24. The van der Waals surface area contributed by atoms with E-state index in [1.807, 2.05) is 0 Å². The second kappa shape index (κ2) is 4.37. The maximum absolute atomic E-state index is 2.51. The Morgan fingerprint density at radius 3 is 3.00 bits per heavy atom. The van der Waals surface area contributed by atoms with Crippen molar-refractivity contribution in [1.82, 2.24) is 0 Å². The van der Waals surface area contributed by atoms with Crippen LogP contribution in [0.3, 0.4) is 0 Å². The standard InChI is InChI=1S/C19H22/c1-2-4-8-15-12-13-19-14-16(19)9-6-7-11-18(19)17(15)10-5-3-1/h3,5-8,10-11,16H,1-2,4,9,12-14H2/b5-3-,15-8-,17-10+. The lowest BCUT2D eigenvalue weighted by molar-refractivity contribution is 0.478. The zero-order valence-corrected chi connectivity index (χ0v) is 11.6. The van der Waals surface area contributed by atoms with Crippen LogP contribution in [0, 0.1) is 11.3 Å². The molecule has 4 rings (SSSR count). The van der Waals surface area contributed by atoms with Gasteiger partial charge < -0.3 is 0 Å². The van der Waals surface area contributed by atoms with Gasteiger partial charge in [0.1, 0.15) is 0 Å².